The zero-order chi connectivity index (χ0) is 14.0. The van der Waals surface area contributed by atoms with E-state index in [2.05, 4.69) is 31.0 Å². The van der Waals surface area contributed by atoms with Crippen molar-refractivity contribution in [2.24, 2.45) is 0 Å². The van der Waals surface area contributed by atoms with Gasteiger partial charge in [-0.15, -0.1) is 0 Å². The molecular formula is C15H18N2O2. The van der Waals surface area contributed by atoms with Crippen LogP contribution in [0, 0.1) is 0 Å². The maximum Gasteiger partial charge on any atom is 0.150 e. The van der Waals surface area contributed by atoms with Crippen molar-refractivity contribution in [3.05, 3.63) is 35.7 Å². The third kappa shape index (κ3) is 2.52. The van der Waals surface area contributed by atoms with Gasteiger partial charge in [0.2, 0.25) is 0 Å². The third-order valence-corrected chi connectivity index (χ3v) is 3.04. The van der Waals surface area contributed by atoms with Crippen molar-refractivity contribution in [2.45, 2.75) is 26.2 Å². The van der Waals surface area contributed by atoms with Gasteiger partial charge in [0.1, 0.15) is 12.0 Å². The topological polar surface area (TPSA) is 55.0 Å². The second-order valence-electron chi connectivity index (χ2n) is 5.49. The Bertz CT molecular complexity index is 594. The first-order valence-corrected chi connectivity index (χ1v) is 6.15. The summed E-state index contributed by atoms with van der Waals surface area (Å²) < 4.78 is 5.38. The van der Waals surface area contributed by atoms with Gasteiger partial charge in [0.15, 0.2) is 0 Å². The van der Waals surface area contributed by atoms with Crippen molar-refractivity contribution in [3.63, 3.8) is 0 Å². The summed E-state index contributed by atoms with van der Waals surface area (Å²) in [5.74, 6) is 0.734. The molecular weight excluding hydrogens is 240 g/mol. The van der Waals surface area contributed by atoms with Crippen LogP contribution in [0.25, 0.3) is 11.1 Å². The molecule has 0 atom stereocenters. The van der Waals surface area contributed by atoms with Crippen LogP contribution < -0.4 is 4.74 Å². The van der Waals surface area contributed by atoms with Gasteiger partial charge in [-0.25, -0.2) is 0 Å². The maximum atomic E-state index is 10.9. The molecule has 1 N–H and O–H groups in total. The molecule has 0 saturated heterocycles. The summed E-state index contributed by atoms with van der Waals surface area (Å²) in [6.07, 6.45) is 2.60. The summed E-state index contributed by atoms with van der Waals surface area (Å²) >= 11 is 0. The van der Waals surface area contributed by atoms with Gasteiger partial charge in [-0.05, 0) is 18.2 Å². The number of H-pyrrole nitrogens is 1. The number of methoxy groups -OCH3 is 1. The molecule has 19 heavy (non-hydrogen) atoms. The number of aromatic nitrogens is 2. The highest BCUT2D eigenvalue weighted by atomic mass is 16.5. The first-order chi connectivity index (χ1) is 8.97. The largest absolute Gasteiger partial charge is 0.496 e. The fourth-order valence-electron chi connectivity index (χ4n) is 2.07. The first kappa shape index (κ1) is 13.3. The molecule has 0 amide bonds. The van der Waals surface area contributed by atoms with Crippen LogP contribution in [0.2, 0.25) is 0 Å². The minimum Gasteiger partial charge on any atom is -0.496 e. The van der Waals surface area contributed by atoms with Gasteiger partial charge < -0.3 is 4.74 Å². The number of nitrogens with one attached hydrogen (secondary N) is 1. The molecule has 0 aliphatic carbocycles. The molecule has 0 aliphatic heterocycles. The van der Waals surface area contributed by atoms with Gasteiger partial charge in [-0.2, -0.15) is 5.10 Å². The number of hydrogen-bond donors (Lipinski definition) is 1. The second-order valence-corrected chi connectivity index (χ2v) is 5.49. The van der Waals surface area contributed by atoms with Gasteiger partial charge in [0.05, 0.1) is 13.3 Å². The Hall–Kier alpha value is -2.10. The van der Waals surface area contributed by atoms with E-state index in [0.717, 1.165) is 28.9 Å². The van der Waals surface area contributed by atoms with Crippen LogP contribution in [0.3, 0.4) is 0 Å². The second kappa shape index (κ2) is 4.88. The number of carbonyl (C=O) groups is 1. The number of rotatable bonds is 3. The zero-order valence-electron chi connectivity index (χ0n) is 11.7. The quantitative estimate of drug-likeness (QED) is 0.860. The van der Waals surface area contributed by atoms with Crippen molar-refractivity contribution >= 4 is 6.29 Å². The van der Waals surface area contributed by atoms with Crippen molar-refractivity contribution < 1.29 is 9.53 Å². The summed E-state index contributed by atoms with van der Waals surface area (Å²) in [5, 5.41) is 7.17. The third-order valence-electron chi connectivity index (χ3n) is 3.04. The van der Waals surface area contributed by atoms with Crippen LogP contribution in [-0.2, 0) is 5.41 Å². The van der Waals surface area contributed by atoms with Crippen LogP contribution >= 0.6 is 0 Å². The molecule has 4 nitrogen and oxygen atoms in total. The normalized spacial score (nSPS) is 11.4. The van der Waals surface area contributed by atoms with Gasteiger partial charge in [-0.3, -0.25) is 9.89 Å². The average Bonchev–Trinajstić information content (AvgIpc) is 2.87. The summed E-state index contributed by atoms with van der Waals surface area (Å²) in [4.78, 5) is 10.9. The lowest BCUT2D eigenvalue weighted by Crippen LogP contribution is -2.13. The van der Waals surface area contributed by atoms with E-state index < -0.39 is 0 Å². The molecule has 0 aliphatic rings. The highest BCUT2D eigenvalue weighted by molar-refractivity contribution is 5.82. The molecule has 1 aromatic heterocycles. The highest BCUT2D eigenvalue weighted by Gasteiger charge is 2.22. The molecule has 0 unspecified atom stereocenters. The Kier molecular flexibility index (Phi) is 3.42. The number of nitrogens with zero attached hydrogens (tertiary/aromatic N) is 1. The SMILES string of the molecule is COc1ccc(C=O)cc1-c1cn[nH]c1C(C)(C)C. The van der Waals surface area contributed by atoms with Crippen molar-refractivity contribution in [1.29, 1.82) is 0 Å². The lowest BCUT2D eigenvalue weighted by Gasteiger charge is -2.19. The van der Waals surface area contributed by atoms with Crippen LogP contribution in [-0.4, -0.2) is 23.6 Å². The van der Waals surface area contributed by atoms with Gasteiger partial charge >= 0.3 is 0 Å². The molecule has 4 heteroatoms. The molecule has 0 fully saturated rings. The van der Waals surface area contributed by atoms with E-state index in [1.165, 1.54) is 0 Å². The number of carbonyl (C=O) groups excluding carboxylic acids is 1. The first-order valence-electron chi connectivity index (χ1n) is 6.15. The Morgan fingerprint density at radius 3 is 2.58 bits per heavy atom. The monoisotopic (exact) mass is 258 g/mol. The predicted molar refractivity (Wildman–Crippen MR) is 74.7 cm³/mol. The molecule has 0 bridgehead atoms. The Labute approximate surface area is 112 Å². The van der Waals surface area contributed by atoms with Crippen LogP contribution in [0.15, 0.2) is 24.4 Å². The van der Waals surface area contributed by atoms with Crippen molar-refractivity contribution in [2.75, 3.05) is 7.11 Å². The molecule has 0 saturated carbocycles. The number of aldehydes is 1. The fraction of sp³-hybridized carbons (Fsp3) is 0.333. The maximum absolute atomic E-state index is 10.9. The lowest BCUT2D eigenvalue weighted by atomic mass is 9.87. The van der Waals surface area contributed by atoms with E-state index in [9.17, 15) is 4.79 Å². The fourth-order valence-corrected chi connectivity index (χ4v) is 2.07. The van der Waals surface area contributed by atoms with Gasteiger partial charge in [0, 0.05) is 27.8 Å². The summed E-state index contributed by atoms with van der Waals surface area (Å²) in [6, 6.07) is 5.37. The average molecular weight is 258 g/mol. The van der Waals surface area contributed by atoms with Crippen LogP contribution in [0.5, 0.6) is 5.75 Å². The Balaban J connectivity index is 2.64. The van der Waals surface area contributed by atoms with E-state index in [1.54, 1.807) is 25.4 Å². The Morgan fingerprint density at radius 2 is 2.00 bits per heavy atom. The molecule has 0 spiro atoms. The van der Waals surface area contributed by atoms with Crippen molar-refractivity contribution in [1.82, 2.24) is 10.2 Å². The van der Waals surface area contributed by atoms with Crippen LogP contribution in [0.1, 0.15) is 36.8 Å². The number of aromatic amines is 1. The smallest absolute Gasteiger partial charge is 0.150 e. The van der Waals surface area contributed by atoms with Gasteiger partial charge in [-0.1, -0.05) is 20.8 Å². The zero-order valence-corrected chi connectivity index (χ0v) is 11.7. The molecule has 1 heterocycles. The minimum atomic E-state index is -0.0615. The van der Waals surface area contributed by atoms with E-state index in [0.29, 0.717) is 5.56 Å². The highest BCUT2D eigenvalue weighted by Crippen LogP contribution is 2.36. The van der Waals surface area contributed by atoms with E-state index in [1.807, 2.05) is 6.07 Å². The van der Waals surface area contributed by atoms with E-state index in [-0.39, 0.29) is 5.41 Å². The van der Waals surface area contributed by atoms with Gasteiger partial charge in [0.25, 0.3) is 0 Å². The predicted octanol–water partition coefficient (Wildman–Crippen LogP) is 3.20. The standard InChI is InChI=1S/C15H18N2O2/c1-15(2,3)14-12(8-16-17-14)11-7-10(9-18)5-6-13(11)19-4/h5-9H,1-4H3,(H,16,17). The van der Waals surface area contributed by atoms with E-state index >= 15 is 0 Å². The molecule has 2 rings (SSSR count). The molecule has 2 aromatic rings. The summed E-state index contributed by atoms with van der Waals surface area (Å²) in [6.45, 7) is 6.33. The molecule has 1 aromatic carbocycles. The van der Waals surface area contributed by atoms with Crippen molar-refractivity contribution in [3.8, 4) is 16.9 Å². The number of benzene rings is 1. The summed E-state index contributed by atoms with van der Waals surface area (Å²) in [7, 11) is 1.62. The lowest BCUT2D eigenvalue weighted by molar-refractivity contribution is 0.112. The molecule has 100 valence electrons. The molecule has 0 radical (unpaired) electrons. The Morgan fingerprint density at radius 1 is 1.26 bits per heavy atom. The summed E-state index contributed by atoms with van der Waals surface area (Å²) in [5.41, 5.74) is 3.43. The number of ether oxygens (including phenoxy) is 1. The van der Waals surface area contributed by atoms with Crippen LogP contribution in [0.4, 0.5) is 0 Å². The minimum absolute atomic E-state index is 0.0615. The van der Waals surface area contributed by atoms with E-state index in [4.69, 9.17) is 4.74 Å². The number of hydrogen-bond acceptors (Lipinski definition) is 3.